The second-order valence-corrected chi connectivity index (χ2v) is 5.60. The van der Waals surface area contributed by atoms with Gasteiger partial charge in [-0.3, -0.25) is 5.10 Å². The van der Waals surface area contributed by atoms with Crippen LogP contribution in [0.3, 0.4) is 0 Å². The van der Waals surface area contributed by atoms with Gasteiger partial charge in [0.25, 0.3) is 0 Å². The molecular formula is C14H15BrN2. The molecule has 1 fully saturated rings. The quantitative estimate of drug-likeness (QED) is 0.872. The molecule has 2 nitrogen and oxygen atoms in total. The van der Waals surface area contributed by atoms with Crippen LogP contribution in [0.15, 0.2) is 28.7 Å². The van der Waals surface area contributed by atoms with Gasteiger partial charge in [-0.2, -0.15) is 5.10 Å². The highest BCUT2D eigenvalue weighted by molar-refractivity contribution is 9.10. The molecule has 0 aliphatic heterocycles. The van der Waals surface area contributed by atoms with Crippen LogP contribution in [0.2, 0.25) is 0 Å². The minimum Gasteiger partial charge on any atom is -0.282 e. The first-order chi connectivity index (χ1) is 8.25. The molecule has 17 heavy (non-hydrogen) atoms. The molecule has 0 bridgehead atoms. The van der Waals surface area contributed by atoms with Crippen molar-refractivity contribution >= 4 is 15.9 Å². The lowest BCUT2D eigenvalue weighted by Gasteiger charge is -2.23. The van der Waals surface area contributed by atoms with Gasteiger partial charge in [-0.1, -0.05) is 34.5 Å². The molecule has 1 saturated carbocycles. The number of rotatable bonds is 2. The number of H-pyrrole nitrogens is 1. The zero-order chi connectivity index (χ0) is 11.8. The van der Waals surface area contributed by atoms with Crippen molar-refractivity contribution in [2.75, 3.05) is 0 Å². The summed E-state index contributed by atoms with van der Waals surface area (Å²) in [4.78, 5) is 0. The van der Waals surface area contributed by atoms with E-state index in [1.807, 2.05) is 0 Å². The van der Waals surface area contributed by atoms with Crippen molar-refractivity contribution in [2.24, 2.45) is 0 Å². The van der Waals surface area contributed by atoms with Crippen LogP contribution < -0.4 is 0 Å². The van der Waals surface area contributed by atoms with Gasteiger partial charge in [0.15, 0.2) is 0 Å². The lowest BCUT2D eigenvalue weighted by atomic mass is 9.83. The Hall–Kier alpha value is -1.09. The van der Waals surface area contributed by atoms with Gasteiger partial charge < -0.3 is 0 Å². The minimum absolute atomic E-state index is 0.712. The molecule has 2 aromatic rings. The van der Waals surface area contributed by atoms with E-state index < -0.39 is 0 Å². The molecule has 0 spiro atoms. The first-order valence-corrected chi connectivity index (χ1v) is 6.86. The summed E-state index contributed by atoms with van der Waals surface area (Å²) in [7, 11) is 0. The van der Waals surface area contributed by atoms with Crippen molar-refractivity contribution in [2.45, 2.75) is 32.1 Å². The summed E-state index contributed by atoms with van der Waals surface area (Å²) in [5.41, 5.74) is 4.82. The molecule has 1 N–H and O–H groups in total. The van der Waals surface area contributed by atoms with Crippen LogP contribution in [0.5, 0.6) is 0 Å². The third kappa shape index (κ3) is 1.93. The molecule has 1 aliphatic rings. The van der Waals surface area contributed by atoms with Crippen molar-refractivity contribution in [3.8, 4) is 11.3 Å². The second kappa shape index (κ2) is 4.30. The molecule has 3 rings (SSSR count). The van der Waals surface area contributed by atoms with E-state index >= 15 is 0 Å². The van der Waals surface area contributed by atoms with Gasteiger partial charge in [0, 0.05) is 21.6 Å². The lowest BCUT2D eigenvalue weighted by Crippen LogP contribution is -2.08. The fourth-order valence-electron chi connectivity index (χ4n) is 2.29. The fourth-order valence-corrected chi connectivity index (χ4v) is 2.65. The normalized spacial score (nSPS) is 15.9. The second-order valence-electron chi connectivity index (χ2n) is 4.75. The van der Waals surface area contributed by atoms with Crippen molar-refractivity contribution in [1.82, 2.24) is 10.2 Å². The molecular weight excluding hydrogens is 276 g/mol. The Morgan fingerprint density at radius 2 is 2.18 bits per heavy atom. The zero-order valence-electron chi connectivity index (χ0n) is 9.83. The predicted octanol–water partition coefficient (Wildman–Crippen LogP) is 4.42. The molecule has 0 amide bonds. The molecule has 0 saturated heterocycles. The van der Waals surface area contributed by atoms with Gasteiger partial charge >= 0.3 is 0 Å². The van der Waals surface area contributed by atoms with Gasteiger partial charge in [0.2, 0.25) is 0 Å². The van der Waals surface area contributed by atoms with E-state index in [2.05, 4.69) is 57.3 Å². The average Bonchev–Trinajstić information content (AvgIpc) is 2.68. The topological polar surface area (TPSA) is 28.7 Å². The summed E-state index contributed by atoms with van der Waals surface area (Å²) in [6, 6.07) is 8.46. The van der Waals surface area contributed by atoms with E-state index in [1.165, 1.54) is 36.1 Å². The Labute approximate surface area is 110 Å². The van der Waals surface area contributed by atoms with Crippen LogP contribution in [-0.2, 0) is 0 Å². The monoisotopic (exact) mass is 290 g/mol. The SMILES string of the molecule is Cc1c(Br)cccc1-c1cc(C2CCC2)[nH]n1. The molecule has 1 heterocycles. The molecule has 1 aliphatic carbocycles. The standard InChI is InChI=1S/C14H15BrN2/c1-9-11(6-3-7-12(9)15)14-8-13(16-17-14)10-4-2-5-10/h3,6-8,10H,2,4-5H2,1H3,(H,16,17). The van der Waals surface area contributed by atoms with E-state index in [1.54, 1.807) is 0 Å². The van der Waals surface area contributed by atoms with Gasteiger partial charge in [0.1, 0.15) is 0 Å². The summed E-state index contributed by atoms with van der Waals surface area (Å²) in [5, 5.41) is 7.63. The van der Waals surface area contributed by atoms with Crippen LogP contribution in [0, 0.1) is 6.92 Å². The van der Waals surface area contributed by atoms with E-state index in [9.17, 15) is 0 Å². The van der Waals surface area contributed by atoms with E-state index in [-0.39, 0.29) is 0 Å². The predicted molar refractivity (Wildman–Crippen MR) is 73.1 cm³/mol. The molecule has 1 aromatic heterocycles. The zero-order valence-corrected chi connectivity index (χ0v) is 11.4. The number of hydrogen-bond donors (Lipinski definition) is 1. The Morgan fingerprint density at radius 3 is 2.88 bits per heavy atom. The third-order valence-electron chi connectivity index (χ3n) is 3.69. The van der Waals surface area contributed by atoms with Gasteiger partial charge in [0.05, 0.1) is 5.69 Å². The largest absolute Gasteiger partial charge is 0.282 e. The van der Waals surface area contributed by atoms with Crippen molar-refractivity contribution in [1.29, 1.82) is 0 Å². The first-order valence-electron chi connectivity index (χ1n) is 6.06. The van der Waals surface area contributed by atoms with Gasteiger partial charge in [-0.15, -0.1) is 0 Å². The summed E-state index contributed by atoms with van der Waals surface area (Å²) in [6.07, 6.45) is 3.97. The molecule has 0 unspecified atom stereocenters. The molecule has 0 atom stereocenters. The van der Waals surface area contributed by atoms with Gasteiger partial charge in [-0.05, 0) is 37.5 Å². The maximum absolute atomic E-state index is 4.45. The molecule has 1 aromatic carbocycles. The number of hydrogen-bond acceptors (Lipinski definition) is 1. The third-order valence-corrected chi connectivity index (χ3v) is 4.55. The summed E-state index contributed by atoms with van der Waals surface area (Å²) < 4.78 is 1.14. The van der Waals surface area contributed by atoms with Crippen molar-refractivity contribution < 1.29 is 0 Å². The smallest absolute Gasteiger partial charge is 0.0926 e. The van der Waals surface area contributed by atoms with E-state index in [0.717, 1.165) is 10.2 Å². The van der Waals surface area contributed by atoms with Gasteiger partial charge in [-0.25, -0.2) is 0 Å². The molecule has 3 heteroatoms. The Morgan fingerprint density at radius 1 is 1.35 bits per heavy atom. The highest BCUT2D eigenvalue weighted by atomic mass is 79.9. The maximum Gasteiger partial charge on any atom is 0.0926 e. The summed E-state index contributed by atoms with van der Waals surface area (Å²) >= 11 is 3.57. The number of aromatic nitrogens is 2. The number of benzene rings is 1. The summed E-state index contributed by atoms with van der Waals surface area (Å²) in [5.74, 6) is 0.712. The highest BCUT2D eigenvalue weighted by Crippen LogP contribution is 2.37. The number of halogens is 1. The maximum atomic E-state index is 4.45. The minimum atomic E-state index is 0.712. The van der Waals surface area contributed by atoms with E-state index in [4.69, 9.17) is 0 Å². The Balaban J connectivity index is 1.97. The van der Waals surface area contributed by atoms with Crippen LogP contribution in [0.1, 0.15) is 36.4 Å². The van der Waals surface area contributed by atoms with Crippen LogP contribution >= 0.6 is 15.9 Å². The van der Waals surface area contributed by atoms with Crippen molar-refractivity contribution in [3.05, 3.63) is 40.0 Å². The summed E-state index contributed by atoms with van der Waals surface area (Å²) in [6.45, 7) is 2.12. The number of nitrogens with zero attached hydrogens (tertiary/aromatic N) is 1. The van der Waals surface area contributed by atoms with Crippen LogP contribution in [0.25, 0.3) is 11.3 Å². The highest BCUT2D eigenvalue weighted by Gasteiger charge is 2.22. The van der Waals surface area contributed by atoms with E-state index in [0.29, 0.717) is 5.92 Å². The van der Waals surface area contributed by atoms with Crippen molar-refractivity contribution in [3.63, 3.8) is 0 Å². The van der Waals surface area contributed by atoms with Crippen LogP contribution in [-0.4, -0.2) is 10.2 Å². The lowest BCUT2D eigenvalue weighted by molar-refractivity contribution is 0.410. The Bertz CT molecular complexity index is 541. The van der Waals surface area contributed by atoms with Crippen LogP contribution in [0.4, 0.5) is 0 Å². The fraction of sp³-hybridized carbons (Fsp3) is 0.357. The number of nitrogens with one attached hydrogen (secondary N) is 1. The first kappa shape index (κ1) is 11.0. The molecule has 0 radical (unpaired) electrons. The molecule has 88 valence electrons. The number of aromatic amines is 1. The Kier molecular flexibility index (Phi) is 2.79. The average molecular weight is 291 g/mol.